The van der Waals surface area contributed by atoms with E-state index in [1.165, 1.54) is 11.1 Å². The molecule has 7 rings (SSSR count). The van der Waals surface area contributed by atoms with Crippen LogP contribution in [0, 0.1) is 11.3 Å². The van der Waals surface area contributed by atoms with Gasteiger partial charge in [0.2, 0.25) is 0 Å². The number of phenols is 1. The van der Waals surface area contributed by atoms with Gasteiger partial charge in [0.25, 0.3) is 0 Å². The Morgan fingerprint density at radius 2 is 2.11 bits per heavy atom. The molecule has 0 amide bonds. The number of ketones is 1. The minimum absolute atomic E-state index is 0. The molecule has 2 heterocycles. The van der Waals surface area contributed by atoms with Crippen molar-refractivity contribution in [2.24, 2.45) is 11.3 Å². The van der Waals surface area contributed by atoms with E-state index in [0.717, 1.165) is 38.6 Å². The second-order valence-electron chi connectivity index (χ2n) is 9.55. The molecule has 5 nitrogen and oxygen atoms in total. The van der Waals surface area contributed by atoms with E-state index in [0.29, 0.717) is 11.8 Å². The maximum atomic E-state index is 12.8. The predicted molar refractivity (Wildman–Crippen MR) is 99.1 cm³/mol. The smallest absolute Gasteiger partial charge is 0.165 e. The summed E-state index contributed by atoms with van der Waals surface area (Å²) in [6.07, 6.45) is 4.58. The summed E-state index contributed by atoms with van der Waals surface area (Å²) in [5.74, 6) is 0.968. The summed E-state index contributed by atoms with van der Waals surface area (Å²) in [5.41, 5.74) is 1.83. The van der Waals surface area contributed by atoms with Crippen LogP contribution < -0.4 is 4.74 Å². The van der Waals surface area contributed by atoms with Crippen LogP contribution in [0.25, 0.3) is 0 Å². The van der Waals surface area contributed by atoms with Gasteiger partial charge in [-0.05, 0) is 64.3 Å². The molecule has 1 saturated heterocycles. The number of ether oxygens (including phenoxy) is 2. The number of methoxy groups -OCH3 is 1. The topological polar surface area (TPSA) is 59.0 Å². The molecule has 4 bridgehead atoms. The summed E-state index contributed by atoms with van der Waals surface area (Å²) in [5, 5.41) is 10.6. The number of likely N-dealkylation sites (N-methyl/N-ethyl adjacent to an activating group) is 1. The molecule has 1 aromatic carbocycles. The first-order valence-corrected chi connectivity index (χ1v) is 10.2. The zero-order valence-electron chi connectivity index (χ0n) is 16.8. The fourth-order valence-electron chi connectivity index (χ4n) is 8.15. The van der Waals surface area contributed by atoms with Crippen LogP contribution in [0.15, 0.2) is 12.1 Å². The first-order chi connectivity index (χ1) is 12.9. The average Bonchev–Trinajstić information content (AvgIpc) is 3.03. The molecule has 2 aliphatic heterocycles. The number of carbonyl (C=O) groups is 1. The van der Waals surface area contributed by atoms with Crippen molar-refractivity contribution in [1.29, 1.82) is 0 Å². The van der Waals surface area contributed by atoms with Crippen LogP contribution in [0.3, 0.4) is 0 Å². The number of carbonyl (C=O) groups excluding carboxylic acids is 1. The first-order valence-electron chi connectivity index (χ1n) is 10.2. The Morgan fingerprint density at radius 3 is 2.82 bits per heavy atom. The molecule has 4 aliphatic carbocycles. The summed E-state index contributed by atoms with van der Waals surface area (Å²) >= 11 is 0. The van der Waals surface area contributed by atoms with Crippen molar-refractivity contribution in [2.75, 3.05) is 20.7 Å². The van der Waals surface area contributed by atoms with Gasteiger partial charge in [0.1, 0.15) is 17.5 Å². The maximum absolute atomic E-state index is 12.8. The van der Waals surface area contributed by atoms with E-state index in [1.807, 2.05) is 0 Å². The third kappa shape index (κ3) is 1.79. The van der Waals surface area contributed by atoms with Crippen molar-refractivity contribution in [3.8, 4) is 11.5 Å². The van der Waals surface area contributed by atoms with Crippen molar-refractivity contribution in [3.05, 3.63) is 23.3 Å². The summed E-state index contributed by atoms with van der Waals surface area (Å²) in [6.45, 7) is 2.73. The molecule has 6 atom stereocenters. The van der Waals surface area contributed by atoms with E-state index in [9.17, 15) is 9.90 Å². The summed E-state index contributed by atoms with van der Waals surface area (Å²) in [4.78, 5) is 15.3. The van der Waals surface area contributed by atoms with Crippen molar-refractivity contribution in [2.45, 2.75) is 62.2 Å². The number of phenolic OH excluding ortho intramolecular Hbond substituents is 1. The first kappa shape index (κ1) is 19.5. The van der Waals surface area contributed by atoms with Gasteiger partial charge >= 0.3 is 0 Å². The number of likely N-dealkylation sites (tertiary alicyclic amines) is 1. The van der Waals surface area contributed by atoms with E-state index in [1.54, 1.807) is 20.1 Å². The Kier molecular flexibility index (Phi) is 4.04. The van der Waals surface area contributed by atoms with Gasteiger partial charge in [-0.3, -0.25) is 4.79 Å². The minimum atomic E-state index is -0.589. The number of piperidine rings is 1. The van der Waals surface area contributed by atoms with E-state index < -0.39 is 5.60 Å². The van der Waals surface area contributed by atoms with Crippen LogP contribution in [-0.2, 0) is 54.1 Å². The van der Waals surface area contributed by atoms with Crippen LogP contribution in [0.1, 0.15) is 43.7 Å². The van der Waals surface area contributed by atoms with Gasteiger partial charge in [0, 0.05) is 62.3 Å². The van der Waals surface area contributed by atoms with E-state index in [2.05, 4.69) is 18.0 Å². The monoisotopic (exact) mass is 458 g/mol. The normalized spacial score (nSPS) is 44.5. The van der Waals surface area contributed by atoms with Gasteiger partial charge in [-0.15, -0.1) is 0 Å². The third-order valence-corrected chi connectivity index (χ3v) is 9.12. The van der Waals surface area contributed by atoms with Crippen molar-refractivity contribution < 1.29 is 52.1 Å². The Balaban J connectivity index is 0.00000171. The molecule has 1 radical (unpaired) electrons. The number of fused-ring (bicyclic) bond motifs is 2. The number of hydrogen-bond acceptors (Lipinski definition) is 5. The fraction of sp³-hybridized carbons (Fsp3) is 0.682. The largest absolute Gasteiger partial charge is 0.504 e. The Morgan fingerprint density at radius 1 is 1.32 bits per heavy atom. The molecular formula is C22H27NO4Y. The van der Waals surface area contributed by atoms with Gasteiger partial charge in [0.05, 0.1) is 5.92 Å². The quantitative estimate of drug-likeness (QED) is 0.738. The molecule has 28 heavy (non-hydrogen) atoms. The van der Waals surface area contributed by atoms with Crippen LogP contribution in [0.2, 0.25) is 0 Å². The van der Waals surface area contributed by atoms with E-state index in [-0.39, 0.29) is 67.1 Å². The summed E-state index contributed by atoms with van der Waals surface area (Å²) in [6, 6.07) is 4.28. The Bertz CT molecular complexity index is 890. The number of hydrogen-bond donors (Lipinski definition) is 1. The van der Waals surface area contributed by atoms with E-state index >= 15 is 0 Å². The van der Waals surface area contributed by atoms with Crippen molar-refractivity contribution in [3.63, 3.8) is 0 Å². The number of aromatic hydroxyl groups is 1. The van der Waals surface area contributed by atoms with Gasteiger partial charge < -0.3 is 19.5 Å². The van der Waals surface area contributed by atoms with Crippen LogP contribution in [0.4, 0.5) is 0 Å². The number of benzene rings is 1. The molecule has 1 N–H and O–H groups in total. The SMILES string of the molecule is COC12CCC3(CC1C(C)=O)C1Cc4ccc(O)c5c4C3(CCN1C)C2O5.[Y]. The molecule has 3 saturated carbocycles. The number of nitrogens with zero attached hydrogens (tertiary/aromatic N) is 1. The molecule has 2 spiro atoms. The molecule has 6 aliphatic rings. The second kappa shape index (κ2) is 5.81. The summed E-state index contributed by atoms with van der Waals surface area (Å²) in [7, 11) is 3.98. The van der Waals surface area contributed by atoms with Crippen LogP contribution >= 0.6 is 0 Å². The van der Waals surface area contributed by atoms with Gasteiger partial charge in [-0.25, -0.2) is 0 Å². The second-order valence-corrected chi connectivity index (χ2v) is 9.55. The summed E-state index contributed by atoms with van der Waals surface area (Å²) < 4.78 is 12.8. The van der Waals surface area contributed by atoms with Crippen LogP contribution in [0.5, 0.6) is 11.5 Å². The molecule has 6 unspecified atom stereocenters. The standard InChI is InChI=1S/C22H27NO4.Y/c1-12(24)14-11-20-6-7-22(14,26-3)19-21(20)8-9-23(2)16(20)10-13-4-5-15(25)18(27-19)17(13)21;/h4-5,14,16,19,25H,6-11H2,1-3H3;. The Labute approximate surface area is 191 Å². The van der Waals surface area contributed by atoms with E-state index in [4.69, 9.17) is 9.47 Å². The molecule has 0 aromatic heterocycles. The molecule has 6 heteroatoms. The molecule has 4 fully saturated rings. The molecule has 147 valence electrons. The number of rotatable bonds is 2. The number of Topliss-reactive ketones (excluding diaryl/α,β-unsaturated/α-hetero) is 1. The molecule has 1 aromatic rings. The van der Waals surface area contributed by atoms with Crippen LogP contribution in [-0.4, -0.2) is 54.2 Å². The average molecular weight is 458 g/mol. The van der Waals surface area contributed by atoms with Crippen molar-refractivity contribution in [1.82, 2.24) is 4.90 Å². The zero-order valence-corrected chi connectivity index (χ0v) is 19.7. The predicted octanol–water partition coefficient (Wildman–Crippen LogP) is 2.42. The van der Waals surface area contributed by atoms with Gasteiger partial charge in [0.15, 0.2) is 11.5 Å². The third-order valence-electron chi connectivity index (χ3n) is 9.12. The zero-order chi connectivity index (χ0) is 18.8. The molecular weight excluding hydrogens is 431 g/mol. The fourth-order valence-corrected chi connectivity index (χ4v) is 8.15. The van der Waals surface area contributed by atoms with Crippen molar-refractivity contribution >= 4 is 5.78 Å². The van der Waals surface area contributed by atoms with Gasteiger partial charge in [-0.1, -0.05) is 6.07 Å². The Hall–Kier alpha value is -0.486. The minimum Gasteiger partial charge on any atom is -0.504 e. The van der Waals surface area contributed by atoms with Gasteiger partial charge in [-0.2, -0.15) is 0 Å². The maximum Gasteiger partial charge on any atom is 0.165 e.